The minimum atomic E-state index is -3.49. The molecule has 1 aromatic rings. The molecule has 3 nitrogen and oxygen atoms in total. The van der Waals surface area contributed by atoms with E-state index in [1.807, 2.05) is 0 Å². The predicted molar refractivity (Wildman–Crippen MR) is 61.6 cm³/mol. The average Bonchev–Trinajstić information content (AvgIpc) is 2.23. The van der Waals surface area contributed by atoms with E-state index in [0.29, 0.717) is 0 Å². The van der Waals surface area contributed by atoms with Gasteiger partial charge in [-0.1, -0.05) is 24.6 Å². The second-order valence-electron chi connectivity index (χ2n) is 4.02. The molecule has 1 aromatic carbocycles. The van der Waals surface area contributed by atoms with Gasteiger partial charge in [0.1, 0.15) is 0 Å². The highest BCUT2D eigenvalue weighted by molar-refractivity contribution is 7.92. The van der Waals surface area contributed by atoms with Gasteiger partial charge < -0.3 is 0 Å². The van der Waals surface area contributed by atoms with Crippen LogP contribution in [0.4, 0.5) is 0 Å². The molecule has 5 heteroatoms. The minimum absolute atomic E-state index is 0.00716. The van der Waals surface area contributed by atoms with Crippen molar-refractivity contribution in [3.63, 3.8) is 0 Å². The average molecular weight is 259 g/mol. The highest BCUT2D eigenvalue weighted by Crippen LogP contribution is 2.37. The maximum Gasteiger partial charge on any atom is 0.183 e. The third kappa shape index (κ3) is 1.40. The molecule has 16 heavy (non-hydrogen) atoms. The van der Waals surface area contributed by atoms with Crippen molar-refractivity contribution < 1.29 is 13.2 Å². The number of Topliss-reactive ketones (excluding diaryl/α,β-unsaturated/α-hetero) is 1. The largest absolute Gasteiger partial charge is 0.294 e. The fourth-order valence-corrected chi connectivity index (χ4v) is 4.25. The smallest absolute Gasteiger partial charge is 0.183 e. The summed E-state index contributed by atoms with van der Waals surface area (Å²) in [6, 6.07) is 4.61. The van der Waals surface area contributed by atoms with Crippen LogP contribution in [0.25, 0.3) is 0 Å². The maximum absolute atomic E-state index is 12.1. The SMILES string of the molecule is CC1C(=O)c2cccc(Cl)c2S(=O)(=O)C1C. The zero-order valence-corrected chi connectivity index (χ0v) is 10.5. The molecular weight excluding hydrogens is 248 g/mol. The van der Waals surface area contributed by atoms with Gasteiger partial charge in [-0.25, -0.2) is 8.42 Å². The predicted octanol–water partition coefficient (Wildman–Crippen LogP) is 2.33. The summed E-state index contributed by atoms with van der Waals surface area (Å²) in [6.45, 7) is 3.18. The first-order chi connectivity index (χ1) is 7.37. The van der Waals surface area contributed by atoms with E-state index in [4.69, 9.17) is 11.6 Å². The van der Waals surface area contributed by atoms with Gasteiger partial charge in [0.2, 0.25) is 0 Å². The molecule has 86 valence electrons. The molecule has 0 radical (unpaired) electrons. The van der Waals surface area contributed by atoms with Crippen molar-refractivity contribution >= 4 is 27.2 Å². The van der Waals surface area contributed by atoms with Crippen LogP contribution in [0.2, 0.25) is 5.02 Å². The first-order valence-corrected chi connectivity index (χ1v) is 6.86. The van der Waals surface area contributed by atoms with Crippen molar-refractivity contribution in [1.82, 2.24) is 0 Å². The summed E-state index contributed by atoms with van der Waals surface area (Å²) in [6.07, 6.45) is 0. The van der Waals surface area contributed by atoms with Gasteiger partial charge in [-0.15, -0.1) is 0 Å². The number of benzene rings is 1. The molecule has 2 rings (SSSR count). The topological polar surface area (TPSA) is 51.2 Å². The van der Waals surface area contributed by atoms with Gasteiger partial charge >= 0.3 is 0 Å². The minimum Gasteiger partial charge on any atom is -0.294 e. The zero-order valence-electron chi connectivity index (χ0n) is 8.90. The standard InChI is InChI=1S/C11H11ClO3S/c1-6-7(2)16(14,15)11-8(10(6)13)4-3-5-9(11)12/h3-7H,1-2H3. The van der Waals surface area contributed by atoms with E-state index in [1.54, 1.807) is 19.9 Å². The van der Waals surface area contributed by atoms with Crippen LogP contribution in [-0.2, 0) is 9.84 Å². The van der Waals surface area contributed by atoms with Crippen molar-refractivity contribution in [3.05, 3.63) is 28.8 Å². The van der Waals surface area contributed by atoms with Gasteiger partial charge in [0.15, 0.2) is 15.6 Å². The fraction of sp³-hybridized carbons (Fsp3) is 0.364. The molecule has 0 amide bonds. The van der Waals surface area contributed by atoms with Crippen molar-refractivity contribution in [1.29, 1.82) is 0 Å². The lowest BCUT2D eigenvalue weighted by Crippen LogP contribution is -2.37. The third-order valence-corrected chi connectivity index (χ3v) is 5.95. The number of halogens is 1. The molecule has 2 unspecified atom stereocenters. The monoisotopic (exact) mass is 258 g/mol. The second-order valence-corrected chi connectivity index (χ2v) is 6.67. The van der Waals surface area contributed by atoms with Gasteiger partial charge in [-0.3, -0.25) is 4.79 Å². The Kier molecular flexibility index (Phi) is 2.59. The van der Waals surface area contributed by atoms with Crippen LogP contribution in [0.15, 0.2) is 23.1 Å². The molecule has 1 heterocycles. The van der Waals surface area contributed by atoms with Gasteiger partial charge in [-0.2, -0.15) is 0 Å². The molecule has 1 aliphatic heterocycles. The van der Waals surface area contributed by atoms with Crippen LogP contribution in [-0.4, -0.2) is 19.5 Å². The van der Waals surface area contributed by atoms with Crippen LogP contribution >= 0.6 is 11.6 Å². The van der Waals surface area contributed by atoms with E-state index in [1.165, 1.54) is 12.1 Å². The number of rotatable bonds is 0. The Bertz CT molecular complexity index is 563. The Balaban J connectivity index is 2.85. The normalized spacial score (nSPS) is 27.6. The van der Waals surface area contributed by atoms with E-state index in [2.05, 4.69) is 0 Å². The molecule has 0 spiro atoms. The van der Waals surface area contributed by atoms with Gasteiger partial charge in [0, 0.05) is 11.5 Å². The van der Waals surface area contributed by atoms with Crippen LogP contribution in [0.3, 0.4) is 0 Å². The molecule has 0 bridgehead atoms. The summed E-state index contributed by atoms with van der Waals surface area (Å²) in [5.74, 6) is -0.671. The van der Waals surface area contributed by atoms with Crippen LogP contribution in [0.1, 0.15) is 24.2 Å². The third-order valence-electron chi connectivity index (χ3n) is 3.12. The molecular formula is C11H11ClO3S. The number of carbonyl (C=O) groups excluding carboxylic acids is 1. The summed E-state index contributed by atoms with van der Waals surface area (Å²) in [4.78, 5) is 11.9. The van der Waals surface area contributed by atoms with Crippen LogP contribution in [0.5, 0.6) is 0 Å². The lowest BCUT2D eigenvalue weighted by atomic mass is 9.96. The lowest BCUT2D eigenvalue weighted by molar-refractivity contribution is 0.0920. The number of carbonyl (C=O) groups is 1. The molecule has 1 aliphatic rings. The first kappa shape index (κ1) is 11.6. The molecule has 0 N–H and O–H groups in total. The van der Waals surface area contributed by atoms with E-state index in [-0.39, 0.29) is 21.3 Å². The molecule has 0 aliphatic carbocycles. The number of hydrogen-bond donors (Lipinski definition) is 0. The van der Waals surface area contributed by atoms with Gasteiger partial charge in [-0.05, 0) is 19.1 Å². The van der Waals surface area contributed by atoms with Crippen molar-refractivity contribution in [2.45, 2.75) is 24.0 Å². The Morgan fingerprint density at radius 1 is 1.25 bits per heavy atom. The van der Waals surface area contributed by atoms with Gasteiger partial charge in [0.25, 0.3) is 0 Å². The number of ketones is 1. The van der Waals surface area contributed by atoms with E-state index >= 15 is 0 Å². The molecule has 0 saturated heterocycles. The zero-order chi connectivity index (χ0) is 12.1. The number of hydrogen-bond acceptors (Lipinski definition) is 3. The van der Waals surface area contributed by atoms with Crippen molar-refractivity contribution in [2.24, 2.45) is 5.92 Å². The van der Waals surface area contributed by atoms with E-state index in [9.17, 15) is 13.2 Å². The number of fused-ring (bicyclic) bond motifs is 1. The Hall–Kier alpha value is -0.870. The van der Waals surface area contributed by atoms with Crippen molar-refractivity contribution in [3.8, 4) is 0 Å². The van der Waals surface area contributed by atoms with Crippen LogP contribution < -0.4 is 0 Å². The van der Waals surface area contributed by atoms with Crippen LogP contribution in [0, 0.1) is 5.92 Å². The molecule has 0 fully saturated rings. The quantitative estimate of drug-likeness (QED) is 0.718. The molecule has 0 saturated carbocycles. The molecule has 0 aromatic heterocycles. The summed E-state index contributed by atoms with van der Waals surface area (Å²) in [5, 5.41) is -0.586. The Morgan fingerprint density at radius 2 is 1.88 bits per heavy atom. The Labute approximate surface area is 99.3 Å². The highest BCUT2D eigenvalue weighted by Gasteiger charge is 2.41. The second kappa shape index (κ2) is 3.57. The van der Waals surface area contributed by atoms with E-state index in [0.717, 1.165) is 0 Å². The van der Waals surface area contributed by atoms with Crippen molar-refractivity contribution in [2.75, 3.05) is 0 Å². The summed E-state index contributed by atoms with van der Waals surface area (Å²) in [7, 11) is -3.49. The summed E-state index contributed by atoms with van der Waals surface area (Å²) < 4.78 is 24.3. The number of sulfone groups is 1. The Morgan fingerprint density at radius 3 is 2.50 bits per heavy atom. The summed E-state index contributed by atoms with van der Waals surface area (Å²) >= 11 is 5.87. The fourth-order valence-electron chi connectivity index (χ4n) is 1.91. The lowest BCUT2D eigenvalue weighted by Gasteiger charge is -2.27. The maximum atomic E-state index is 12.1. The highest BCUT2D eigenvalue weighted by atomic mass is 35.5. The van der Waals surface area contributed by atoms with Gasteiger partial charge in [0.05, 0.1) is 15.2 Å². The first-order valence-electron chi connectivity index (χ1n) is 4.94. The molecule has 2 atom stereocenters. The van der Waals surface area contributed by atoms with E-state index < -0.39 is 21.0 Å². The summed E-state index contributed by atoms with van der Waals surface area (Å²) in [5.41, 5.74) is 0.220.